The molecule has 14 heteroatoms. The molecular weight excluding hydrogens is 676 g/mol. The maximum atomic E-state index is 13.8. The number of carbonyl (C=O) groups excluding carboxylic acids is 1. The van der Waals surface area contributed by atoms with E-state index in [0.29, 0.717) is 35.4 Å². The number of hydrogen-bond acceptors (Lipinski definition) is 5. The highest BCUT2D eigenvalue weighted by molar-refractivity contribution is 7.90. The van der Waals surface area contributed by atoms with Gasteiger partial charge < -0.3 is 0 Å². The third-order valence-electron chi connectivity index (χ3n) is 7.33. The number of rotatable bonds is 10. The Balaban J connectivity index is 1.46. The molecule has 47 heavy (non-hydrogen) atoms. The van der Waals surface area contributed by atoms with Gasteiger partial charge >= 0.3 is 11.9 Å². The smallest absolute Gasteiger partial charge is 0.274 e. The molecule has 1 heterocycles. The summed E-state index contributed by atoms with van der Waals surface area (Å²) in [6.45, 7) is 1.97. The van der Waals surface area contributed by atoms with Crippen molar-refractivity contribution >= 4 is 39.1 Å². The summed E-state index contributed by atoms with van der Waals surface area (Å²) in [5.74, 6) is -0.655. The van der Waals surface area contributed by atoms with Gasteiger partial charge in [-0.2, -0.15) is 17.9 Å². The van der Waals surface area contributed by atoms with E-state index in [0.717, 1.165) is 17.2 Å². The number of aryl methyl sites for hydroxylation is 1. The first-order valence-corrected chi connectivity index (χ1v) is 16.6. The zero-order valence-electron chi connectivity index (χ0n) is 24.8. The van der Waals surface area contributed by atoms with Crippen LogP contribution in [0.4, 0.5) is 13.2 Å². The Kier molecular flexibility index (Phi) is 9.94. The van der Waals surface area contributed by atoms with Crippen LogP contribution in [0, 0.1) is 0 Å². The van der Waals surface area contributed by atoms with Crippen LogP contribution in [-0.4, -0.2) is 28.7 Å². The molecule has 0 aliphatic carbocycles. The van der Waals surface area contributed by atoms with Gasteiger partial charge in [-0.25, -0.2) is 17.9 Å². The second-order valence-corrected chi connectivity index (χ2v) is 13.0. The average Bonchev–Trinajstić information content (AvgIpc) is 3.33. The van der Waals surface area contributed by atoms with Gasteiger partial charge in [-0.1, -0.05) is 97.2 Å². The highest BCUT2D eigenvalue weighted by Crippen LogP contribution is 2.33. The number of nitrogens with zero attached hydrogens (tertiary/aromatic N) is 3. The van der Waals surface area contributed by atoms with Crippen LogP contribution in [0.3, 0.4) is 0 Å². The molecule has 0 aliphatic heterocycles. The van der Waals surface area contributed by atoms with Gasteiger partial charge in [0.1, 0.15) is 5.82 Å². The summed E-state index contributed by atoms with van der Waals surface area (Å²) < 4.78 is 72.2. The summed E-state index contributed by atoms with van der Waals surface area (Å²) in [5, 5.41) is 4.27. The van der Waals surface area contributed by atoms with Crippen LogP contribution < -0.4 is 10.4 Å². The number of benzene rings is 4. The summed E-state index contributed by atoms with van der Waals surface area (Å²) >= 11 is 12.2. The van der Waals surface area contributed by atoms with Crippen LogP contribution in [0.25, 0.3) is 16.8 Å². The lowest BCUT2D eigenvalue weighted by Gasteiger charge is -2.13. The van der Waals surface area contributed by atoms with E-state index in [4.69, 9.17) is 23.2 Å². The van der Waals surface area contributed by atoms with Crippen LogP contribution in [0.1, 0.15) is 47.1 Å². The zero-order valence-corrected chi connectivity index (χ0v) is 27.1. The van der Waals surface area contributed by atoms with Crippen LogP contribution in [0.5, 0.6) is 0 Å². The van der Waals surface area contributed by atoms with Crippen LogP contribution in [0.2, 0.25) is 10.0 Å². The van der Waals surface area contributed by atoms with Crippen molar-refractivity contribution in [3.8, 4) is 16.8 Å². The summed E-state index contributed by atoms with van der Waals surface area (Å²) in [5.41, 5.74) is -0.827. The van der Waals surface area contributed by atoms with Gasteiger partial charge in [-0.05, 0) is 47.9 Å². The van der Waals surface area contributed by atoms with Crippen molar-refractivity contribution in [2.45, 2.75) is 43.8 Å². The lowest BCUT2D eigenvalue weighted by Crippen LogP contribution is -2.31. The van der Waals surface area contributed by atoms with Crippen molar-refractivity contribution in [1.82, 2.24) is 19.1 Å². The quantitative estimate of drug-likeness (QED) is 0.162. The number of hydrogen-bond donors (Lipinski definition) is 1. The average molecular weight is 704 g/mol. The molecule has 0 radical (unpaired) electrons. The number of aromatic nitrogens is 3. The minimum atomic E-state index is -4.69. The first-order valence-electron chi connectivity index (χ1n) is 14.4. The zero-order chi connectivity index (χ0) is 33.9. The standard InChI is InChI=1S/C33H27Cl2F3N4O4S/c1-2-3-15-29-39-42(27-13-6-5-10-24(27)33(36,37)38)32(44)41(29)20-21-16-18-22(19-17-21)23-9-4-7-14-28(23)47(45,46)40-31(43)30-25(34)11-8-12-26(30)35/h4-14,16-19H,2-3,15,20H2,1H3,(H,40,43). The predicted molar refractivity (Wildman–Crippen MR) is 174 cm³/mol. The van der Waals surface area contributed by atoms with Crippen molar-refractivity contribution in [2.75, 3.05) is 0 Å². The number of alkyl halides is 3. The van der Waals surface area contributed by atoms with Gasteiger partial charge in [0, 0.05) is 12.0 Å². The Morgan fingerprint density at radius 3 is 2.19 bits per heavy atom. The van der Waals surface area contributed by atoms with Crippen molar-refractivity contribution in [2.24, 2.45) is 0 Å². The third kappa shape index (κ3) is 7.29. The number of halogens is 5. The molecule has 0 unspecified atom stereocenters. The summed E-state index contributed by atoms with van der Waals surface area (Å²) in [7, 11) is -4.39. The highest BCUT2D eigenvalue weighted by atomic mass is 35.5. The van der Waals surface area contributed by atoms with Crippen molar-refractivity contribution in [3.63, 3.8) is 0 Å². The number of sulfonamides is 1. The molecule has 4 aromatic carbocycles. The van der Waals surface area contributed by atoms with E-state index in [-0.39, 0.29) is 32.7 Å². The van der Waals surface area contributed by atoms with Gasteiger partial charge in [0.2, 0.25) is 0 Å². The highest BCUT2D eigenvalue weighted by Gasteiger charge is 2.35. The fourth-order valence-corrected chi connectivity index (χ4v) is 6.78. The van der Waals surface area contributed by atoms with Gasteiger partial charge in [-0.15, -0.1) is 5.10 Å². The minimum absolute atomic E-state index is 0.0128. The summed E-state index contributed by atoms with van der Waals surface area (Å²) in [6, 6.07) is 21.9. The van der Waals surface area contributed by atoms with E-state index in [1.807, 2.05) is 11.6 Å². The predicted octanol–water partition coefficient (Wildman–Crippen LogP) is 7.54. The molecule has 0 saturated carbocycles. The fourth-order valence-electron chi connectivity index (χ4n) is 5.03. The van der Waals surface area contributed by atoms with Gasteiger partial charge in [0.05, 0.1) is 38.3 Å². The first-order chi connectivity index (χ1) is 22.3. The second kappa shape index (κ2) is 13.8. The molecule has 0 aliphatic rings. The Morgan fingerprint density at radius 2 is 1.53 bits per heavy atom. The summed E-state index contributed by atoms with van der Waals surface area (Å²) in [6.07, 6.45) is -2.86. The SMILES string of the molecule is CCCCc1nn(-c2ccccc2C(F)(F)F)c(=O)n1Cc1ccc(-c2ccccc2S(=O)(=O)NC(=O)c2c(Cl)cccc2Cl)cc1. The Hall–Kier alpha value is -4.39. The Bertz CT molecular complexity index is 2090. The Labute approximate surface area is 278 Å². The van der Waals surface area contributed by atoms with Crippen molar-refractivity contribution in [1.29, 1.82) is 0 Å². The van der Waals surface area contributed by atoms with E-state index in [1.54, 1.807) is 36.4 Å². The molecular formula is C33H27Cl2F3N4O4S. The lowest BCUT2D eigenvalue weighted by molar-refractivity contribution is -0.137. The van der Waals surface area contributed by atoms with Gasteiger partial charge in [-0.3, -0.25) is 9.36 Å². The van der Waals surface area contributed by atoms with Crippen LogP contribution in [-0.2, 0) is 29.2 Å². The molecule has 244 valence electrons. The largest absolute Gasteiger partial charge is 0.418 e. The van der Waals surface area contributed by atoms with Gasteiger partial charge in [0.15, 0.2) is 0 Å². The molecule has 0 saturated heterocycles. The van der Waals surface area contributed by atoms with Gasteiger partial charge in [0.25, 0.3) is 15.9 Å². The van der Waals surface area contributed by atoms with E-state index in [9.17, 15) is 31.2 Å². The number of unbranched alkanes of at least 4 members (excludes halogenated alkanes) is 1. The lowest BCUT2D eigenvalue weighted by atomic mass is 10.0. The number of amides is 1. The Morgan fingerprint density at radius 1 is 0.894 bits per heavy atom. The topological polar surface area (TPSA) is 103 Å². The van der Waals surface area contributed by atoms with Crippen molar-refractivity contribution < 1.29 is 26.4 Å². The maximum Gasteiger partial charge on any atom is 0.418 e. The molecule has 0 fully saturated rings. The van der Waals surface area contributed by atoms with Crippen LogP contribution >= 0.6 is 23.2 Å². The number of carbonyl (C=O) groups is 1. The molecule has 5 aromatic rings. The maximum absolute atomic E-state index is 13.8. The van der Waals surface area contributed by atoms with E-state index >= 15 is 0 Å². The third-order valence-corrected chi connectivity index (χ3v) is 9.35. The minimum Gasteiger partial charge on any atom is -0.274 e. The molecule has 0 spiro atoms. The first kappa shape index (κ1) is 34.0. The molecule has 1 amide bonds. The number of para-hydroxylation sites is 1. The molecule has 1 N–H and O–H groups in total. The van der Waals surface area contributed by atoms with E-state index < -0.39 is 33.4 Å². The van der Waals surface area contributed by atoms with E-state index in [1.165, 1.54) is 53.1 Å². The summed E-state index contributed by atoms with van der Waals surface area (Å²) in [4.78, 5) is 26.2. The second-order valence-electron chi connectivity index (χ2n) is 10.5. The van der Waals surface area contributed by atoms with E-state index in [2.05, 4.69) is 5.10 Å². The normalized spacial score (nSPS) is 11.9. The molecule has 0 atom stereocenters. The molecule has 0 bridgehead atoms. The number of nitrogens with one attached hydrogen (secondary N) is 1. The molecule has 1 aromatic heterocycles. The fraction of sp³-hybridized carbons (Fsp3) is 0.182. The molecule has 5 rings (SSSR count). The van der Waals surface area contributed by atoms with Crippen molar-refractivity contribution in [3.05, 3.63) is 134 Å². The molecule has 8 nitrogen and oxygen atoms in total. The van der Waals surface area contributed by atoms with Crippen LogP contribution in [0.15, 0.2) is 101 Å². The monoisotopic (exact) mass is 702 g/mol.